The molecule has 0 radical (unpaired) electrons. The number of hydrogen-bond acceptors (Lipinski definition) is 4. The maximum absolute atomic E-state index is 13.3. The van der Waals surface area contributed by atoms with Gasteiger partial charge in [0.25, 0.3) is 5.56 Å². The molecule has 0 unspecified atom stereocenters. The molecular weight excluding hydrogens is 381 g/mol. The molecule has 5 nitrogen and oxygen atoms in total. The highest BCUT2D eigenvalue weighted by Gasteiger charge is 2.33. The van der Waals surface area contributed by atoms with Crippen LogP contribution in [0.2, 0.25) is 0 Å². The predicted molar refractivity (Wildman–Crippen MR) is 114 cm³/mol. The second-order valence-corrected chi connectivity index (χ2v) is 8.03. The lowest BCUT2D eigenvalue weighted by atomic mass is 9.71. The van der Waals surface area contributed by atoms with Crippen LogP contribution in [0.5, 0.6) is 5.75 Å². The van der Waals surface area contributed by atoms with Gasteiger partial charge in [-0.05, 0) is 61.0 Å². The van der Waals surface area contributed by atoms with Gasteiger partial charge in [0.1, 0.15) is 18.2 Å². The standard InChI is InChI=1S/C24H26FN3O2/c25-20-8-6-18(7-9-20)14-24(10-12-26-13-11-24)15-22-27-16-21(23(29)28-22)30-17-19-4-2-1-3-5-19/h1-9,16,26H,10-15,17H2,(H,27,28,29). The third-order valence-electron chi connectivity index (χ3n) is 5.76. The highest BCUT2D eigenvalue weighted by atomic mass is 19.1. The molecule has 4 rings (SSSR count). The second kappa shape index (κ2) is 9.22. The first-order chi connectivity index (χ1) is 14.6. The van der Waals surface area contributed by atoms with Gasteiger partial charge in [0.15, 0.2) is 0 Å². The molecule has 1 saturated heterocycles. The monoisotopic (exact) mass is 407 g/mol. The molecular formula is C24H26FN3O2. The van der Waals surface area contributed by atoms with E-state index in [-0.39, 0.29) is 22.5 Å². The topological polar surface area (TPSA) is 67.0 Å². The van der Waals surface area contributed by atoms with Crippen LogP contribution in [-0.2, 0) is 19.4 Å². The molecule has 2 heterocycles. The summed E-state index contributed by atoms with van der Waals surface area (Å²) >= 11 is 0. The average molecular weight is 407 g/mol. The summed E-state index contributed by atoms with van der Waals surface area (Å²) in [5, 5.41) is 3.40. The molecule has 3 aromatic rings. The van der Waals surface area contributed by atoms with Crippen molar-refractivity contribution < 1.29 is 9.13 Å². The Hall–Kier alpha value is -2.99. The molecule has 1 aliphatic heterocycles. The summed E-state index contributed by atoms with van der Waals surface area (Å²) in [4.78, 5) is 19.9. The van der Waals surface area contributed by atoms with Gasteiger partial charge < -0.3 is 15.0 Å². The molecule has 2 aromatic carbocycles. The minimum absolute atomic E-state index is 0.0224. The summed E-state index contributed by atoms with van der Waals surface area (Å²) in [7, 11) is 0. The fourth-order valence-corrected chi connectivity index (χ4v) is 4.11. The maximum atomic E-state index is 13.3. The molecule has 30 heavy (non-hydrogen) atoms. The first kappa shape index (κ1) is 20.3. The summed E-state index contributed by atoms with van der Waals surface area (Å²) < 4.78 is 18.9. The lowest BCUT2D eigenvalue weighted by molar-refractivity contribution is 0.194. The van der Waals surface area contributed by atoms with Crippen molar-refractivity contribution in [1.29, 1.82) is 0 Å². The van der Waals surface area contributed by atoms with Gasteiger partial charge in [-0.3, -0.25) is 4.79 Å². The number of aromatic amines is 1. The van der Waals surface area contributed by atoms with Gasteiger partial charge in [-0.25, -0.2) is 9.37 Å². The van der Waals surface area contributed by atoms with Crippen molar-refractivity contribution in [1.82, 2.24) is 15.3 Å². The van der Waals surface area contributed by atoms with E-state index in [1.165, 1.54) is 18.3 Å². The first-order valence-electron chi connectivity index (χ1n) is 10.3. The van der Waals surface area contributed by atoms with Gasteiger partial charge in [-0.15, -0.1) is 0 Å². The van der Waals surface area contributed by atoms with Crippen LogP contribution in [0, 0.1) is 11.2 Å². The molecule has 0 spiro atoms. The molecule has 0 amide bonds. The number of piperidine rings is 1. The number of hydrogen-bond donors (Lipinski definition) is 2. The van der Waals surface area contributed by atoms with E-state index in [1.807, 2.05) is 42.5 Å². The Balaban J connectivity index is 1.48. The Bertz CT molecular complexity index is 1010. The zero-order chi connectivity index (χ0) is 20.8. The normalized spacial score (nSPS) is 15.6. The number of H-pyrrole nitrogens is 1. The van der Waals surface area contributed by atoms with Crippen LogP contribution in [0.4, 0.5) is 4.39 Å². The first-order valence-corrected chi connectivity index (χ1v) is 10.3. The van der Waals surface area contributed by atoms with Crippen molar-refractivity contribution in [2.45, 2.75) is 32.3 Å². The Morgan fingerprint density at radius 1 is 0.967 bits per heavy atom. The molecule has 1 aliphatic rings. The van der Waals surface area contributed by atoms with Crippen molar-refractivity contribution in [3.63, 3.8) is 0 Å². The Kier molecular flexibility index (Phi) is 6.23. The molecule has 1 aromatic heterocycles. The largest absolute Gasteiger partial charge is 0.482 e. The summed E-state index contributed by atoms with van der Waals surface area (Å²) in [6, 6.07) is 16.4. The molecule has 6 heteroatoms. The van der Waals surface area contributed by atoms with E-state index in [9.17, 15) is 9.18 Å². The number of ether oxygens (including phenoxy) is 1. The predicted octanol–water partition coefficient (Wildman–Crippen LogP) is 3.64. The minimum Gasteiger partial charge on any atom is -0.482 e. The van der Waals surface area contributed by atoms with Gasteiger partial charge in [0, 0.05) is 6.42 Å². The molecule has 0 bridgehead atoms. The number of halogens is 1. The fourth-order valence-electron chi connectivity index (χ4n) is 4.11. The molecule has 0 atom stereocenters. The van der Waals surface area contributed by atoms with E-state index in [0.717, 1.165) is 43.5 Å². The second-order valence-electron chi connectivity index (χ2n) is 8.03. The Labute approximate surface area is 175 Å². The summed E-state index contributed by atoms with van der Waals surface area (Å²) in [6.07, 6.45) is 4.95. The SMILES string of the molecule is O=c1[nH]c(CC2(Cc3ccc(F)cc3)CCNCC2)ncc1OCc1ccccc1. The smallest absolute Gasteiger partial charge is 0.293 e. The quantitative estimate of drug-likeness (QED) is 0.628. The van der Waals surface area contributed by atoms with Crippen molar-refractivity contribution in [3.8, 4) is 5.75 Å². The van der Waals surface area contributed by atoms with Crippen LogP contribution in [0.1, 0.15) is 29.8 Å². The van der Waals surface area contributed by atoms with Crippen LogP contribution in [-0.4, -0.2) is 23.1 Å². The lowest BCUT2D eigenvalue weighted by Gasteiger charge is -2.37. The van der Waals surface area contributed by atoms with E-state index in [4.69, 9.17) is 4.74 Å². The van der Waals surface area contributed by atoms with E-state index in [0.29, 0.717) is 18.9 Å². The highest BCUT2D eigenvalue weighted by Crippen LogP contribution is 2.36. The third kappa shape index (κ3) is 5.13. The zero-order valence-electron chi connectivity index (χ0n) is 16.9. The summed E-state index contributed by atoms with van der Waals surface area (Å²) in [6.45, 7) is 2.17. The number of aromatic nitrogens is 2. The fraction of sp³-hybridized carbons (Fsp3) is 0.333. The number of rotatable bonds is 7. The van der Waals surface area contributed by atoms with Crippen LogP contribution in [0.3, 0.4) is 0 Å². The van der Waals surface area contributed by atoms with Crippen LogP contribution in [0.15, 0.2) is 65.6 Å². The molecule has 156 valence electrons. The average Bonchev–Trinajstić information content (AvgIpc) is 2.76. The van der Waals surface area contributed by atoms with Gasteiger partial charge in [-0.2, -0.15) is 0 Å². The van der Waals surface area contributed by atoms with Gasteiger partial charge in [-0.1, -0.05) is 42.5 Å². The molecule has 0 saturated carbocycles. The summed E-state index contributed by atoms with van der Waals surface area (Å²) in [5.74, 6) is 0.659. The van der Waals surface area contributed by atoms with Gasteiger partial charge >= 0.3 is 0 Å². The van der Waals surface area contributed by atoms with E-state index >= 15 is 0 Å². The van der Waals surface area contributed by atoms with Gasteiger partial charge in [0.05, 0.1) is 6.20 Å². The Morgan fingerprint density at radius 3 is 2.40 bits per heavy atom. The molecule has 0 aliphatic carbocycles. The van der Waals surface area contributed by atoms with Crippen molar-refractivity contribution in [2.24, 2.45) is 5.41 Å². The summed E-state index contributed by atoms with van der Waals surface area (Å²) in [5.41, 5.74) is 1.81. The zero-order valence-corrected chi connectivity index (χ0v) is 16.9. The van der Waals surface area contributed by atoms with Crippen molar-refractivity contribution in [2.75, 3.05) is 13.1 Å². The van der Waals surface area contributed by atoms with E-state index in [2.05, 4.69) is 15.3 Å². The van der Waals surface area contributed by atoms with Crippen LogP contribution >= 0.6 is 0 Å². The Morgan fingerprint density at radius 2 is 1.70 bits per heavy atom. The number of nitrogens with zero attached hydrogens (tertiary/aromatic N) is 1. The highest BCUT2D eigenvalue weighted by molar-refractivity contribution is 5.20. The van der Waals surface area contributed by atoms with Crippen molar-refractivity contribution in [3.05, 3.63) is 93.9 Å². The molecule has 2 N–H and O–H groups in total. The van der Waals surface area contributed by atoms with Crippen LogP contribution in [0.25, 0.3) is 0 Å². The maximum Gasteiger partial charge on any atom is 0.293 e. The molecule has 1 fully saturated rings. The van der Waals surface area contributed by atoms with Crippen LogP contribution < -0.4 is 15.6 Å². The lowest BCUT2D eigenvalue weighted by Crippen LogP contribution is -2.40. The van der Waals surface area contributed by atoms with Crippen molar-refractivity contribution >= 4 is 0 Å². The number of benzene rings is 2. The van der Waals surface area contributed by atoms with Gasteiger partial charge in [0.2, 0.25) is 5.75 Å². The number of nitrogens with one attached hydrogen (secondary N) is 2. The van der Waals surface area contributed by atoms with E-state index in [1.54, 1.807) is 0 Å². The van der Waals surface area contributed by atoms with E-state index < -0.39 is 0 Å². The minimum atomic E-state index is -0.262. The third-order valence-corrected chi connectivity index (χ3v) is 5.76.